The molecule has 0 spiro atoms. The summed E-state index contributed by atoms with van der Waals surface area (Å²) in [7, 11) is -0.572. The molecule has 0 bridgehead atoms. The van der Waals surface area contributed by atoms with Crippen LogP contribution in [-0.4, -0.2) is 0 Å². The predicted molar refractivity (Wildman–Crippen MR) is 118 cm³/mol. The summed E-state index contributed by atoms with van der Waals surface area (Å²) in [6, 6.07) is 37.4. The zero-order valence-electron chi connectivity index (χ0n) is 14.2. The SMILES string of the molecule is c1ccc(P(c2ccccc2)c2cccc3c2sc2ccccc23)cc1. The molecule has 5 rings (SSSR count). The van der Waals surface area contributed by atoms with E-state index in [1.54, 1.807) is 0 Å². The Hall–Kier alpha value is -2.47. The minimum atomic E-state index is -0.572. The van der Waals surface area contributed by atoms with Crippen molar-refractivity contribution in [2.75, 3.05) is 0 Å². The van der Waals surface area contributed by atoms with E-state index >= 15 is 0 Å². The lowest BCUT2D eigenvalue weighted by molar-refractivity contribution is 1.75. The Bertz CT molecular complexity index is 1140. The van der Waals surface area contributed by atoms with Crippen LogP contribution in [0.3, 0.4) is 0 Å². The normalized spacial score (nSPS) is 11.4. The summed E-state index contributed by atoms with van der Waals surface area (Å²) in [6.45, 7) is 0. The Morgan fingerprint density at radius 2 is 1.08 bits per heavy atom. The van der Waals surface area contributed by atoms with Gasteiger partial charge in [-0.05, 0) is 24.6 Å². The van der Waals surface area contributed by atoms with Crippen molar-refractivity contribution in [2.24, 2.45) is 0 Å². The van der Waals surface area contributed by atoms with E-state index in [0.717, 1.165) is 0 Å². The molecule has 0 unspecified atom stereocenters. The molecule has 1 aromatic heterocycles. The quantitative estimate of drug-likeness (QED) is 0.352. The van der Waals surface area contributed by atoms with Crippen LogP contribution >= 0.6 is 19.3 Å². The molecule has 0 aliphatic rings. The molecular weight excluding hydrogens is 351 g/mol. The van der Waals surface area contributed by atoms with Gasteiger partial charge in [0.1, 0.15) is 0 Å². The summed E-state index contributed by atoms with van der Waals surface area (Å²) in [5, 5.41) is 7.00. The highest BCUT2D eigenvalue weighted by molar-refractivity contribution is 7.80. The van der Waals surface area contributed by atoms with Crippen molar-refractivity contribution in [1.82, 2.24) is 0 Å². The van der Waals surface area contributed by atoms with E-state index in [-0.39, 0.29) is 0 Å². The highest BCUT2D eigenvalue weighted by Gasteiger charge is 2.20. The van der Waals surface area contributed by atoms with Gasteiger partial charge in [0.15, 0.2) is 0 Å². The third-order valence-corrected chi connectivity index (χ3v) is 8.51. The zero-order chi connectivity index (χ0) is 17.3. The predicted octanol–water partition coefficient (Wildman–Crippen LogP) is 5.81. The fourth-order valence-electron chi connectivity index (χ4n) is 3.49. The average Bonchev–Trinajstić information content (AvgIpc) is 3.10. The Morgan fingerprint density at radius 3 is 1.77 bits per heavy atom. The zero-order valence-corrected chi connectivity index (χ0v) is 15.9. The summed E-state index contributed by atoms with van der Waals surface area (Å²) >= 11 is 1.92. The Balaban J connectivity index is 1.82. The number of fused-ring (bicyclic) bond motifs is 3. The van der Waals surface area contributed by atoms with Gasteiger partial charge in [-0.2, -0.15) is 0 Å². The lowest BCUT2D eigenvalue weighted by atomic mass is 10.1. The van der Waals surface area contributed by atoms with Crippen LogP contribution in [0.1, 0.15) is 0 Å². The van der Waals surface area contributed by atoms with Gasteiger partial charge >= 0.3 is 0 Å². The smallest absolute Gasteiger partial charge is 0.0438 e. The van der Waals surface area contributed by atoms with Crippen LogP contribution in [0.5, 0.6) is 0 Å². The largest absolute Gasteiger partial charge is 0.134 e. The Morgan fingerprint density at radius 1 is 0.500 bits per heavy atom. The van der Waals surface area contributed by atoms with E-state index in [1.165, 1.54) is 36.1 Å². The first-order valence-corrected chi connectivity index (χ1v) is 10.9. The molecule has 0 aliphatic carbocycles. The monoisotopic (exact) mass is 368 g/mol. The van der Waals surface area contributed by atoms with Crippen LogP contribution in [0.2, 0.25) is 0 Å². The molecule has 1 heterocycles. The van der Waals surface area contributed by atoms with Crippen LogP contribution in [0.15, 0.2) is 103 Å². The highest BCUT2D eigenvalue weighted by Crippen LogP contribution is 2.40. The maximum Gasteiger partial charge on any atom is 0.0438 e. The second-order valence-corrected chi connectivity index (χ2v) is 9.50. The van der Waals surface area contributed by atoms with Gasteiger partial charge in [0, 0.05) is 25.5 Å². The molecule has 0 radical (unpaired) electrons. The summed E-state index contributed by atoms with van der Waals surface area (Å²) in [4.78, 5) is 0. The first-order chi connectivity index (χ1) is 12.9. The lowest BCUT2D eigenvalue weighted by Crippen LogP contribution is -2.20. The summed E-state index contributed by atoms with van der Waals surface area (Å²) in [5.41, 5.74) is 0. The van der Waals surface area contributed by atoms with Crippen LogP contribution in [0.25, 0.3) is 20.2 Å². The van der Waals surface area contributed by atoms with Gasteiger partial charge in [0.2, 0.25) is 0 Å². The van der Waals surface area contributed by atoms with Gasteiger partial charge in [0.05, 0.1) is 0 Å². The number of thiophene rings is 1. The van der Waals surface area contributed by atoms with E-state index in [9.17, 15) is 0 Å². The van der Waals surface area contributed by atoms with Gasteiger partial charge < -0.3 is 0 Å². The second kappa shape index (κ2) is 6.68. The molecule has 0 atom stereocenters. The topological polar surface area (TPSA) is 0 Å². The summed E-state index contributed by atoms with van der Waals surface area (Å²) in [5.74, 6) is 0. The molecule has 4 aromatic carbocycles. The van der Waals surface area contributed by atoms with E-state index in [0.29, 0.717) is 0 Å². The minimum absolute atomic E-state index is 0.572. The fourth-order valence-corrected chi connectivity index (χ4v) is 7.37. The minimum Gasteiger partial charge on any atom is -0.134 e. The van der Waals surface area contributed by atoms with Gasteiger partial charge in [-0.15, -0.1) is 11.3 Å². The van der Waals surface area contributed by atoms with Gasteiger partial charge in [-0.3, -0.25) is 0 Å². The van der Waals surface area contributed by atoms with Gasteiger partial charge in [-0.25, -0.2) is 0 Å². The van der Waals surface area contributed by atoms with Crippen LogP contribution in [0.4, 0.5) is 0 Å². The third kappa shape index (κ3) is 2.65. The van der Waals surface area contributed by atoms with Crippen molar-refractivity contribution in [1.29, 1.82) is 0 Å². The average molecular weight is 368 g/mol. The van der Waals surface area contributed by atoms with Crippen molar-refractivity contribution >= 4 is 55.3 Å². The molecule has 124 valence electrons. The van der Waals surface area contributed by atoms with E-state index in [1.807, 2.05) is 11.3 Å². The lowest BCUT2D eigenvalue weighted by Gasteiger charge is -2.20. The molecule has 0 nitrogen and oxygen atoms in total. The maximum atomic E-state index is 2.32. The van der Waals surface area contributed by atoms with Crippen molar-refractivity contribution in [2.45, 2.75) is 0 Å². The van der Waals surface area contributed by atoms with Crippen molar-refractivity contribution in [3.8, 4) is 0 Å². The molecule has 0 saturated carbocycles. The molecule has 0 amide bonds. The first kappa shape index (κ1) is 15.8. The molecule has 26 heavy (non-hydrogen) atoms. The maximum absolute atomic E-state index is 2.32. The molecule has 5 aromatic rings. The molecule has 0 saturated heterocycles. The standard InChI is InChI=1S/C24H17PS/c1-3-10-18(11-4-1)25(19-12-5-2-6-13-19)22-16-9-15-21-20-14-7-8-17-23(20)26-24(21)22/h1-17H. The number of rotatable bonds is 3. The first-order valence-electron chi connectivity index (χ1n) is 8.72. The number of hydrogen-bond donors (Lipinski definition) is 0. The Kier molecular flexibility index (Phi) is 4.05. The molecule has 0 fully saturated rings. The van der Waals surface area contributed by atoms with Crippen LogP contribution in [-0.2, 0) is 0 Å². The molecule has 0 N–H and O–H groups in total. The summed E-state index contributed by atoms with van der Waals surface area (Å²) < 4.78 is 2.79. The van der Waals surface area contributed by atoms with E-state index < -0.39 is 7.92 Å². The van der Waals surface area contributed by atoms with Gasteiger partial charge in [0.25, 0.3) is 0 Å². The van der Waals surface area contributed by atoms with Crippen LogP contribution < -0.4 is 15.9 Å². The fraction of sp³-hybridized carbons (Fsp3) is 0. The van der Waals surface area contributed by atoms with Gasteiger partial charge in [-0.1, -0.05) is 97.1 Å². The number of hydrogen-bond acceptors (Lipinski definition) is 1. The summed E-state index contributed by atoms with van der Waals surface area (Å²) in [6.07, 6.45) is 0. The van der Waals surface area contributed by atoms with E-state index in [4.69, 9.17) is 0 Å². The molecule has 0 aliphatic heterocycles. The van der Waals surface area contributed by atoms with Crippen molar-refractivity contribution in [3.63, 3.8) is 0 Å². The Labute approximate surface area is 158 Å². The highest BCUT2D eigenvalue weighted by atomic mass is 32.1. The third-order valence-electron chi connectivity index (χ3n) is 4.65. The number of benzene rings is 4. The van der Waals surface area contributed by atoms with Crippen LogP contribution in [0, 0.1) is 0 Å². The molecular formula is C24H17PS. The van der Waals surface area contributed by atoms with Crippen molar-refractivity contribution in [3.05, 3.63) is 103 Å². The second-order valence-electron chi connectivity index (χ2n) is 6.26. The van der Waals surface area contributed by atoms with Crippen molar-refractivity contribution < 1.29 is 0 Å². The molecule has 2 heteroatoms. The van der Waals surface area contributed by atoms with E-state index in [2.05, 4.69) is 103 Å².